The molecule has 0 heterocycles. The molecule has 5 N–H and O–H groups in total. The minimum atomic E-state index is -0.812. The van der Waals surface area contributed by atoms with Crippen LogP contribution in [0.4, 0.5) is 0 Å². The highest BCUT2D eigenvalue weighted by Crippen LogP contribution is 2.26. The van der Waals surface area contributed by atoms with E-state index in [4.69, 9.17) is 5.73 Å². The molecule has 0 saturated heterocycles. The maximum absolute atomic E-state index is 13.3. The average Bonchev–Trinajstić information content (AvgIpc) is 2.79. The lowest BCUT2D eigenvalue weighted by molar-refractivity contribution is -0.148. The number of nitrogens with two attached hydrogens (primary N) is 1. The van der Waals surface area contributed by atoms with Gasteiger partial charge in [0.2, 0.25) is 11.8 Å². The highest BCUT2D eigenvalue weighted by Gasteiger charge is 2.35. The lowest BCUT2D eigenvalue weighted by Gasteiger charge is -2.31. The number of hydrogen-bond donors (Lipinski definition) is 4. The summed E-state index contributed by atoms with van der Waals surface area (Å²) in [7, 11) is 0. The molecule has 1 aromatic rings. The molecule has 8 heteroatoms. The lowest BCUT2D eigenvalue weighted by Crippen LogP contribution is -2.55. The van der Waals surface area contributed by atoms with Gasteiger partial charge in [0.15, 0.2) is 0 Å². The van der Waals surface area contributed by atoms with Crippen LogP contribution < -0.4 is 16.6 Å². The second-order valence-corrected chi connectivity index (χ2v) is 9.09. The summed E-state index contributed by atoms with van der Waals surface area (Å²) in [5, 5.41) is 10.6. The summed E-state index contributed by atoms with van der Waals surface area (Å²) in [6, 6.07) is 8.83. The largest absolute Gasteiger partial charge is 0.320 e. The van der Waals surface area contributed by atoms with Gasteiger partial charge in [-0.25, -0.2) is 5.48 Å². The number of hydrogen-bond acceptors (Lipinski definition) is 5. The number of nitrogens with zero attached hydrogens (tertiary/aromatic N) is 1. The molecule has 0 bridgehead atoms. The van der Waals surface area contributed by atoms with Crippen LogP contribution in [0.5, 0.6) is 0 Å². The smallest absolute Gasteiger partial charge is 0.257 e. The van der Waals surface area contributed by atoms with Crippen LogP contribution >= 0.6 is 0 Å². The number of carbonyl (C=O) groups is 3. The molecule has 184 valence electrons. The third-order valence-electron chi connectivity index (χ3n) is 5.59. The maximum Gasteiger partial charge on any atom is 0.257 e. The summed E-state index contributed by atoms with van der Waals surface area (Å²) in [6.07, 6.45) is 5.18. The molecule has 1 rings (SSSR count). The Hall–Kier alpha value is -2.71. The zero-order valence-electron chi connectivity index (χ0n) is 20.5. The second-order valence-electron chi connectivity index (χ2n) is 9.09. The molecule has 0 aromatic heterocycles. The van der Waals surface area contributed by atoms with E-state index >= 15 is 0 Å². The van der Waals surface area contributed by atoms with Gasteiger partial charge in [0.1, 0.15) is 0 Å². The first kappa shape index (κ1) is 28.3. The van der Waals surface area contributed by atoms with Crippen molar-refractivity contribution in [1.82, 2.24) is 15.9 Å². The van der Waals surface area contributed by atoms with Crippen LogP contribution in [0.3, 0.4) is 0 Å². The first-order valence-corrected chi connectivity index (χ1v) is 11.6. The molecule has 0 aliphatic rings. The molecular weight excluding hydrogens is 420 g/mol. The van der Waals surface area contributed by atoms with Crippen molar-refractivity contribution in [2.75, 3.05) is 6.54 Å². The molecule has 8 nitrogen and oxygen atoms in total. The van der Waals surface area contributed by atoms with Crippen molar-refractivity contribution in [2.45, 2.75) is 59.9 Å². The standard InChI is InChI=1S/C25H40N4O4/c1-6-18(4)16-29(25(32)19(5)26)27-23(30)22(15-17(2)3)21(24(31)28-33)14-10-13-20-11-8-7-9-12-20/h7-13,17-19,21-22,33H,6,14-16,26H2,1-5H3,(H,27,30)(H,28,31)/t18-,19+,21-,22+/m0/s1. The van der Waals surface area contributed by atoms with Crippen LogP contribution in [0.25, 0.3) is 6.08 Å². The molecule has 0 saturated carbocycles. The minimum Gasteiger partial charge on any atom is -0.320 e. The molecule has 4 atom stereocenters. The van der Waals surface area contributed by atoms with Crippen molar-refractivity contribution in [3.05, 3.63) is 42.0 Å². The Balaban J connectivity index is 3.15. The number of amides is 3. The molecule has 1 aromatic carbocycles. The molecule has 0 aliphatic heterocycles. The first-order valence-electron chi connectivity index (χ1n) is 11.6. The zero-order chi connectivity index (χ0) is 25.0. The third-order valence-corrected chi connectivity index (χ3v) is 5.59. The van der Waals surface area contributed by atoms with E-state index < -0.39 is 29.7 Å². The predicted octanol–water partition coefficient (Wildman–Crippen LogP) is 3.13. The van der Waals surface area contributed by atoms with E-state index in [2.05, 4.69) is 5.43 Å². The summed E-state index contributed by atoms with van der Waals surface area (Å²) in [6.45, 7) is 9.79. The summed E-state index contributed by atoms with van der Waals surface area (Å²) < 4.78 is 0. The molecule has 0 spiro atoms. The highest BCUT2D eigenvalue weighted by atomic mass is 16.5. The first-order chi connectivity index (χ1) is 15.6. The number of allylic oxidation sites excluding steroid dienone is 1. The topological polar surface area (TPSA) is 125 Å². The third kappa shape index (κ3) is 9.75. The van der Waals surface area contributed by atoms with E-state index in [0.717, 1.165) is 12.0 Å². The number of benzene rings is 1. The van der Waals surface area contributed by atoms with E-state index in [1.807, 2.05) is 70.2 Å². The van der Waals surface area contributed by atoms with Gasteiger partial charge < -0.3 is 5.73 Å². The summed E-state index contributed by atoms with van der Waals surface area (Å²) in [5.41, 5.74) is 11.2. The van der Waals surface area contributed by atoms with E-state index in [0.29, 0.717) is 13.0 Å². The van der Waals surface area contributed by atoms with Crippen molar-refractivity contribution < 1.29 is 19.6 Å². The monoisotopic (exact) mass is 460 g/mol. The number of nitrogens with one attached hydrogen (secondary N) is 2. The van der Waals surface area contributed by atoms with Gasteiger partial charge in [-0.05, 0) is 37.2 Å². The van der Waals surface area contributed by atoms with Gasteiger partial charge in [0.25, 0.3) is 5.91 Å². The predicted molar refractivity (Wildman–Crippen MR) is 129 cm³/mol. The van der Waals surface area contributed by atoms with Crippen molar-refractivity contribution in [1.29, 1.82) is 0 Å². The Labute approximate surface area is 197 Å². The van der Waals surface area contributed by atoms with Crippen molar-refractivity contribution in [3.8, 4) is 0 Å². The molecular formula is C25H40N4O4. The molecule has 0 unspecified atom stereocenters. The normalized spacial score (nSPS) is 15.0. The van der Waals surface area contributed by atoms with Gasteiger partial charge in [-0.2, -0.15) is 0 Å². The Kier molecular flexibility index (Phi) is 12.4. The fourth-order valence-electron chi connectivity index (χ4n) is 3.51. The summed E-state index contributed by atoms with van der Waals surface area (Å²) in [4.78, 5) is 38.5. The van der Waals surface area contributed by atoms with Gasteiger partial charge in [0.05, 0.1) is 17.9 Å². The Morgan fingerprint density at radius 2 is 1.70 bits per heavy atom. The molecule has 3 amide bonds. The van der Waals surface area contributed by atoms with Gasteiger partial charge >= 0.3 is 0 Å². The molecule has 0 radical (unpaired) electrons. The molecule has 0 fully saturated rings. The number of carbonyl (C=O) groups excluding carboxylic acids is 3. The van der Waals surface area contributed by atoms with Crippen LogP contribution in [0.1, 0.15) is 59.4 Å². The minimum absolute atomic E-state index is 0.111. The summed E-state index contributed by atoms with van der Waals surface area (Å²) >= 11 is 0. The van der Waals surface area contributed by atoms with Gasteiger partial charge in [-0.1, -0.05) is 76.6 Å². The van der Waals surface area contributed by atoms with Gasteiger partial charge in [-0.15, -0.1) is 0 Å². The van der Waals surface area contributed by atoms with E-state index in [9.17, 15) is 19.6 Å². The van der Waals surface area contributed by atoms with Crippen molar-refractivity contribution in [2.24, 2.45) is 29.4 Å². The van der Waals surface area contributed by atoms with Crippen LogP contribution in [0.2, 0.25) is 0 Å². The fraction of sp³-hybridized carbons (Fsp3) is 0.560. The Bertz CT molecular complexity index is 780. The maximum atomic E-state index is 13.3. The van der Waals surface area contributed by atoms with Crippen LogP contribution in [0, 0.1) is 23.7 Å². The Morgan fingerprint density at radius 1 is 1.06 bits per heavy atom. The van der Waals surface area contributed by atoms with Crippen LogP contribution in [-0.4, -0.2) is 40.5 Å². The molecule has 0 aliphatic carbocycles. The SMILES string of the molecule is CC[C@H](C)CN(NC(=O)[C@H](CC(C)C)[C@H](CC=Cc1ccccc1)C(=O)NO)C(=O)[C@@H](C)N. The van der Waals surface area contributed by atoms with E-state index in [1.54, 1.807) is 12.4 Å². The Morgan fingerprint density at radius 3 is 2.21 bits per heavy atom. The van der Waals surface area contributed by atoms with Crippen LogP contribution in [0.15, 0.2) is 36.4 Å². The average molecular weight is 461 g/mol. The van der Waals surface area contributed by atoms with Crippen LogP contribution in [-0.2, 0) is 14.4 Å². The van der Waals surface area contributed by atoms with E-state index in [1.165, 1.54) is 5.01 Å². The second kappa shape index (κ2) is 14.4. The quantitative estimate of drug-likeness (QED) is 0.282. The lowest BCUT2D eigenvalue weighted by atomic mass is 9.82. The van der Waals surface area contributed by atoms with E-state index in [-0.39, 0.29) is 24.2 Å². The zero-order valence-corrected chi connectivity index (χ0v) is 20.5. The highest BCUT2D eigenvalue weighted by molar-refractivity contribution is 5.89. The molecule has 33 heavy (non-hydrogen) atoms. The van der Waals surface area contributed by atoms with Crippen molar-refractivity contribution in [3.63, 3.8) is 0 Å². The fourth-order valence-corrected chi connectivity index (χ4v) is 3.51. The summed E-state index contributed by atoms with van der Waals surface area (Å²) in [5.74, 6) is -2.77. The number of hydroxylamine groups is 1. The number of rotatable bonds is 12. The van der Waals surface area contributed by atoms with Gasteiger partial charge in [-0.3, -0.25) is 30.0 Å². The van der Waals surface area contributed by atoms with Crippen molar-refractivity contribution >= 4 is 23.8 Å². The number of hydrazine groups is 1. The van der Waals surface area contributed by atoms with Gasteiger partial charge in [0, 0.05) is 6.54 Å².